The first-order valence-corrected chi connectivity index (χ1v) is 8.28. The molecule has 0 fully saturated rings. The van der Waals surface area contributed by atoms with E-state index >= 15 is 0 Å². The molecule has 0 bridgehead atoms. The van der Waals surface area contributed by atoms with E-state index in [0.29, 0.717) is 18.7 Å². The molecule has 0 saturated carbocycles. The summed E-state index contributed by atoms with van der Waals surface area (Å²) < 4.78 is 2.13. The fraction of sp³-hybridized carbons (Fsp3) is 0.150. The number of pyridine rings is 1. The van der Waals surface area contributed by atoms with Crippen LogP contribution >= 0.6 is 0 Å². The lowest BCUT2D eigenvalue weighted by Gasteiger charge is -2.10. The van der Waals surface area contributed by atoms with Crippen LogP contribution in [0.25, 0.3) is 21.9 Å². The third-order valence-corrected chi connectivity index (χ3v) is 4.36. The largest absolute Gasteiger partial charge is 0.350 e. The van der Waals surface area contributed by atoms with Gasteiger partial charge in [-0.25, -0.2) is 4.98 Å². The van der Waals surface area contributed by atoms with Crippen LogP contribution in [0.2, 0.25) is 0 Å². The maximum absolute atomic E-state index is 12.6. The van der Waals surface area contributed by atoms with Crippen molar-refractivity contribution in [1.29, 1.82) is 0 Å². The molecule has 1 amide bonds. The van der Waals surface area contributed by atoms with Crippen molar-refractivity contribution in [2.75, 3.05) is 6.54 Å². The van der Waals surface area contributed by atoms with Crippen LogP contribution in [0.15, 0.2) is 60.8 Å². The number of benzene rings is 2. The number of nitrogens with zero attached hydrogens (tertiary/aromatic N) is 3. The van der Waals surface area contributed by atoms with Crippen molar-refractivity contribution in [1.82, 2.24) is 19.9 Å². The molecule has 5 heteroatoms. The number of aryl methyl sites for hydroxylation is 1. The molecule has 0 saturated heterocycles. The number of carbonyl (C=O) groups excluding carboxylic acids is 1. The Morgan fingerprint density at radius 1 is 1.04 bits per heavy atom. The van der Waals surface area contributed by atoms with Crippen LogP contribution < -0.4 is 5.32 Å². The molecule has 2 aromatic carbocycles. The lowest BCUT2D eigenvalue weighted by atomic mass is 10.1. The van der Waals surface area contributed by atoms with Crippen molar-refractivity contribution in [2.24, 2.45) is 0 Å². The second-order valence-corrected chi connectivity index (χ2v) is 5.93. The highest BCUT2D eigenvalue weighted by Gasteiger charge is 2.11. The number of aromatic nitrogens is 3. The summed E-state index contributed by atoms with van der Waals surface area (Å²) in [6, 6.07) is 17.5. The number of amides is 1. The Morgan fingerprint density at radius 3 is 2.68 bits per heavy atom. The second kappa shape index (κ2) is 6.36. The van der Waals surface area contributed by atoms with Gasteiger partial charge in [-0.15, -0.1) is 0 Å². The lowest BCUT2D eigenvalue weighted by Crippen LogP contribution is -2.27. The van der Waals surface area contributed by atoms with Gasteiger partial charge in [-0.2, -0.15) is 0 Å². The van der Waals surface area contributed by atoms with E-state index in [2.05, 4.69) is 19.9 Å². The van der Waals surface area contributed by atoms with Gasteiger partial charge >= 0.3 is 0 Å². The summed E-state index contributed by atoms with van der Waals surface area (Å²) in [4.78, 5) is 21.4. The number of para-hydroxylation sites is 3. The third kappa shape index (κ3) is 2.85. The maximum Gasteiger partial charge on any atom is 0.252 e. The molecule has 0 spiro atoms. The fourth-order valence-electron chi connectivity index (χ4n) is 3.15. The molecule has 2 heterocycles. The highest BCUT2D eigenvalue weighted by Crippen LogP contribution is 2.17. The smallest absolute Gasteiger partial charge is 0.252 e. The average Bonchev–Trinajstić information content (AvgIpc) is 2.96. The van der Waals surface area contributed by atoms with Crippen LogP contribution in [0.5, 0.6) is 0 Å². The SMILES string of the molecule is Cc1nc2ccccc2n1CCNC(=O)c1ccnc2ccccc12. The average molecular weight is 330 g/mol. The van der Waals surface area contributed by atoms with Gasteiger partial charge in [0.15, 0.2) is 0 Å². The molecule has 0 aliphatic heterocycles. The van der Waals surface area contributed by atoms with Gasteiger partial charge in [0.1, 0.15) is 5.82 Å². The van der Waals surface area contributed by atoms with E-state index in [-0.39, 0.29) is 5.91 Å². The van der Waals surface area contributed by atoms with Crippen molar-refractivity contribution in [2.45, 2.75) is 13.5 Å². The number of carbonyl (C=O) groups is 1. The molecule has 4 aromatic rings. The van der Waals surface area contributed by atoms with Crippen molar-refractivity contribution in [3.63, 3.8) is 0 Å². The van der Waals surface area contributed by atoms with E-state index in [0.717, 1.165) is 27.8 Å². The minimum Gasteiger partial charge on any atom is -0.350 e. The van der Waals surface area contributed by atoms with E-state index < -0.39 is 0 Å². The molecule has 5 nitrogen and oxygen atoms in total. The number of hydrogen-bond donors (Lipinski definition) is 1. The number of imidazole rings is 1. The van der Waals surface area contributed by atoms with E-state index in [1.54, 1.807) is 12.3 Å². The van der Waals surface area contributed by atoms with Gasteiger partial charge in [-0.1, -0.05) is 30.3 Å². The highest BCUT2D eigenvalue weighted by atomic mass is 16.1. The maximum atomic E-state index is 12.6. The molecule has 2 aromatic heterocycles. The number of nitrogens with one attached hydrogen (secondary N) is 1. The Hall–Kier alpha value is -3.21. The highest BCUT2D eigenvalue weighted by molar-refractivity contribution is 6.05. The fourth-order valence-corrected chi connectivity index (χ4v) is 3.15. The molecule has 25 heavy (non-hydrogen) atoms. The monoisotopic (exact) mass is 330 g/mol. The predicted octanol–water partition coefficient (Wildman–Crippen LogP) is 3.32. The molecule has 0 atom stereocenters. The van der Waals surface area contributed by atoms with E-state index in [9.17, 15) is 4.79 Å². The zero-order chi connectivity index (χ0) is 17.2. The minimum absolute atomic E-state index is 0.0827. The second-order valence-electron chi connectivity index (χ2n) is 5.93. The molecule has 124 valence electrons. The van der Waals surface area contributed by atoms with Gasteiger partial charge in [-0.3, -0.25) is 9.78 Å². The Kier molecular flexibility index (Phi) is 3.90. The standard InChI is InChI=1S/C20H18N4O/c1-14-23-18-8-4-5-9-19(18)24(14)13-12-22-20(25)16-10-11-21-17-7-3-2-6-15(16)17/h2-11H,12-13H2,1H3,(H,22,25). The van der Waals surface area contributed by atoms with Gasteiger partial charge < -0.3 is 9.88 Å². The molecule has 4 rings (SSSR count). The summed E-state index contributed by atoms with van der Waals surface area (Å²) >= 11 is 0. The van der Waals surface area contributed by atoms with Crippen LogP contribution in [0.4, 0.5) is 0 Å². The first-order chi connectivity index (χ1) is 12.2. The summed E-state index contributed by atoms with van der Waals surface area (Å²) in [5.74, 6) is 0.866. The quantitative estimate of drug-likeness (QED) is 0.624. The van der Waals surface area contributed by atoms with Gasteiger partial charge in [0.05, 0.1) is 22.1 Å². The van der Waals surface area contributed by atoms with Crippen LogP contribution in [-0.2, 0) is 6.54 Å². The van der Waals surface area contributed by atoms with E-state index in [1.165, 1.54) is 0 Å². The minimum atomic E-state index is -0.0827. The van der Waals surface area contributed by atoms with E-state index in [1.807, 2.05) is 55.5 Å². The lowest BCUT2D eigenvalue weighted by molar-refractivity contribution is 0.0954. The molecule has 1 N–H and O–H groups in total. The van der Waals surface area contributed by atoms with Crippen molar-refractivity contribution in [3.05, 3.63) is 72.2 Å². The summed E-state index contributed by atoms with van der Waals surface area (Å²) in [5.41, 5.74) is 3.54. The molecule has 0 aliphatic rings. The summed E-state index contributed by atoms with van der Waals surface area (Å²) in [6.45, 7) is 3.20. The zero-order valence-electron chi connectivity index (χ0n) is 13.9. The van der Waals surface area contributed by atoms with Crippen LogP contribution in [-0.4, -0.2) is 27.0 Å². The van der Waals surface area contributed by atoms with E-state index in [4.69, 9.17) is 0 Å². The molecular weight excluding hydrogens is 312 g/mol. The Balaban J connectivity index is 1.51. The Morgan fingerprint density at radius 2 is 1.80 bits per heavy atom. The molecular formula is C20H18N4O. The topological polar surface area (TPSA) is 59.8 Å². The van der Waals surface area contributed by atoms with Gasteiger partial charge in [0.25, 0.3) is 5.91 Å². The zero-order valence-corrected chi connectivity index (χ0v) is 13.9. The molecule has 0 radical (unpaired) electrons. The Bertz CT molecular complexity index is 1060. The number of hydrogen-bond acceptors (Lipinski definition) is 3. The van der Waals surface area contributed by atoms with Gasteiger partial charge in [-0.05, 0) is 31.2 Å². The Labute approximate surface area is 145 Å². The first-order valence-electron chi connectivity index (χ1n) is 8.28. The van der Waals surface area contributed by atoms with Crippen LogP contribution in [0.1, 0.15) is 16.2 Å². The van der Waals surface area contributed by atoms with Crippen molar-refractivity contribution >= 4 is 27.8 Å². The predicted molar refractivity (Wildman–Crippen MR) is 98.5 cm³/mol. The third-order valence-electron chi connectivity index (χ3n) is 4.36. The summed E-state index contributed by atoms with van der Waals surface area (Å²) in [7, 11) is 0. The van der Waals surface area contributed by atoms with Gasteiger partial charge in [0, 0.05) is 24.7 Å². The molecule has 0 aliphatic carbocycles. The molecule has 0 unspecified atom stereocenters. The number of rotatable bonds is 4. The van der Waals surface area contributed by atoms with Gasteiger partial charge in [0.2, 0.25) is 0 Å². The summed E-state index contributed by atoms with van der Waals surface area (Å²) in [6.07, 6.45) is 1.67. The number of fused-ring (bicyclic) bond motifs is 2. The summed E-state index contributed by atoms with van der Waals surface area (Å²) in [5, 5.41) is 3.87. The van der Waals surface area contributed by atoms with Crippen molar-refractivity contribution in [3.8, 4) is 0 Å². The van der Waals surface area contributed by atoms with Crippen LogP contribution in [0.3, 0.4) is 0 Å². The first kappa shape index (κ1) is 15.3. The van der Waals surface area contributed by atoms with Crippen LogP contribution in [0, 0.1) is 6.92 Å². The normalized spacial score (nSPS) is 11.1. The van der Waals surface area contributed by atoms with Crippen molar-refractivity contribution < 1.29 is 4.79 Å².